The number of aliphatic hydroxyl groups is 1. The van der Waals surface area contributed by atoms with Gasteiger partial charge in [-0.3, -0.25) is 0 Å². The van der Waals surface area contributed by atoms with Crippen LogP contribution in [0.4, 0.5) is 4.79 Å². The van der Waals surface area contributed by atoms with Crippen LogP contribution in [0.1, 0.15) is 25.0 Å². The number of nitrogens with zero attached hydrogens (tertiary/aromatic N) is 1. The Labute approximate surface area is 112 Å². The maximum absolute atomic E-state index is 11.3. The number of benzene rings is 1. The van der Waals surface area contributed by atoms with Crippen molar-refractivity contribution < 1.29 is 19.4 Å². The van der Waals surface area contributed by atoms with E-state index in [0.29, 0.717) is 19.8 Å². The van der Waals surface area contributed by atoms with Crippen LogP contribution in [0, 0.1) is 0 Å². The molecule has 104 valence electrons. The lowest BCUT2D eigenvalue weighted by molar-refractivity contribution is 0.118. The third kappa shape index (κ3) is 3.61. The van der Waals surface area contributed by atoms with E-state index in [2.05, 4.69) is 0 Å². The number of aliphatic hydroxyl groups excluding tert-OH is 1. The molecule has 19 heavy (non-hydrogen) atoms. The Bertz CT molecular complexity index is 418. The van der Waals surface area contributed by atoms with Gasteiger partial charge in [-0.05, 0) is 24.1 Å². The molecule has 0 bridgehead atoms. The van der Waals surface area contributed by atoms with E-state index in [0.717, 1.165) is 17.7 Å². The molecule has 0 aliphatic carbocycles. The standard InChI is InChI=1S/C14H19NO4/c1-2-8-18-12-5-3-11(4-6-12)13(16)10-15-7-9-19-14(15)17/h3-6,13,16H,2,7-10H2,1H3. The van der Waals surface area contributed by atoms with Crippen LogP contribution in [0.25, 0.3) is 0 Å². The number of hydrogen-bond acceptors (Lipinski definition) is 4. The van der Waals surface area contributed by atoms with E-state index in [-0.39, 0.29) is 12.6 Å². The van der Waals surface area contributed by atoms with E-state index in [9.17, 15) is 9.90 Å². The van der Waals surface area contributed by atoms with Crippen molar-refractivity contribution in [1.29, 1.82) is 0 Å². The van der Waals surface area contributed by atoms with Gasteiger partial charge in [0.2, 0.25) is 0 Å². The van der Waals surface area contributed by atoms with Gasteiger partial charge < -0.3 is 19.5 Å². The first-order chi connectivity index (χ1) is 9.20. The molecule has 0 radical (unpaired) electrons. The number of hydrogen-bond donors (Lipinski definition) is 1. The lowest BCUT2D eigenvalue weighted by Gasteiger charge is -2.18. The monoisotopic (exact) mass is 265 g/mol. The van der Waals surface area contributed by atoms with Crippen molar-refractivity contribution in [3.8, 4) is 5.75 Å². The minimum absolute atomic E-state index is 0.258. The number of ether oxygens (including phenoxy) is 2. The molecule has 5 heteroatoms. The van der Waals surface area contributed by atoms with Gasteiger partial charge in [0.15, 0.2) is 0 Å². The Balaban J connectivity index is 1.91. The zero-order valence-electron chi connectivity index (χ0n) is 11.0. The Hall–Kier alpha value is -1.75. The van der Waals surface area contributed by atoms with Gasteiger partial charge in [-0.2, -0.15) is 0 Å². The van der Waals surface area contributed by atoms with Crippen molar-refractivity contribution in [2.45, 2.75) is 19.4 Å². The highest BCUT2D eigenvalue weighted by Gasteiger charge is 2.24. The zero-order chi connectivity index (χ0) is 13.7. The van der Waals surface area contributed by atoms with E-state index in [1.54, 1.807) is 0 Å². The summed E-state index contributed by atoms with van der Waals surface area (Å²) in [5, 5.41) is 10.1. The molecule has 1 unspecified atom stereocenters. The maximum atomic E-state index is 11.3. The topological polar surface area (TPSA) is 59.0 Å². The molecule has 2 rings (SSSR count). The van der Waals surface area contributed by atoms with Crippen molar-refractivity contribution >= 4 is 6.09 Å². The van der Waals surface area contributed by atoms with Crippen molar-refractivity contribution in [1.82, 2.24) is 4.90 Å². The molecule has 1 aliphatic heterocycles. The summed E-state index contributed by atoms with van der Waals surface area (Å²) in [5.41, 5.74) is 0.767. The second-order valence-corrected chi connectivity index (χ2v) is 4.49. The fourth-order valence-electron chi connectivity index (χ4n) is 1.91. The summed E-state index contributed by atoms with van der Waals surface area (Å²) in [6.07, 6.45) is -0.102. The quantitative estimate of drug-likeness (QED) is 0.854. The van der Waals surface area contributed by atoms with Crippen molar-refractivity contribution in [2.24, 2.45) is 0 Å². The molecule has 0 saturated carbocycles. The summed E-state index contributed by atoms with van der Waals surface area (Å²) < 4.78 is 10.3. The SMILES string of the molecule is CCCOc1ccc(C(O)CN2CCOC2=O)cc1. The molecule has 1 aliphatic rings. The summed E-state index contributed by atoms with van der Waals surface area (Å²) in [5.74, 6) is 0.790. The molecule has 1 heterocycles. The zero-order valence-corrected chi connectivity index (χ0v) is 11.0. The molecular weight excluding hydrogens is 246 g/mol. The molecule has 0 aromatic heterocycles. The Morgan fingerprint density at radius 2 is 2.16 bits per heavy atom. The second kappa shape index (κ2) is 6.43. The van der Waals surface area contributed by atoms with Gasteiger partial charge in [-0.15, -0.1) is 0 Å². The summed E-state index contributed by atoms with van der Waals surface area (Å²) >= 11 is 0. The normalized spacial score (nSPS) is 16.3. The molecule has 5 nitrogen and oxygen atoms in total. The average molecular weight is 265 g/mol. The molecule has 1 saturated heterocycles. The van der Waals surface area contributed by atoms with Crippen LogP contribution in [0.15, 0.2) is 24.3 Å². The average Bonchev–Trinajstić information content (AvgIpc) is 2.82. The van der Waals surface area contributed by atoms with Gasteiger partial charge in [0.25, 0.3) is 0 Å². The van der Waals surface area contributed by atoms with Gasteiger partial charge in [0.1, 0.15) is 12.4 Å². The number of amides is 1. The lowest BCUT2D eigenvalue weighted by Crippen LogP contribution is -2.29. The van der Waals surface area contributed by atoms with Crippen molar-refractivity contribution in [3.63, 3.8) is 0 Å². The lowest BCUT2D eigenvalue weighted by atomic mass is 10.1. The fourth-order valence-corrected chi connectivity index (χ4v) is 1.91. The third-order valence-corrected chi connectivity index (χ3v) is 2.98. The first-order valence-corrected chi connectivity index (χ1v) is 6.53. The Morgan fingerprint density at radius 3 is 2.74 bits per heavy atom. The highest BCUT2D eigenvalue weighted by molar-refractivity contribution is 5.69. The number of carbonyl (C=O) groups is 1. The van der Waals surface area contributed by atoms with E-state index < -0.39 is 6.10 Å². The van der Waals surface area contributed by atoms with Gasteiger partial charge in [0, 0.05) is 0 Å². The van der Waals surface area contributed by atoms with Crippen molar-refractivity contribution in [3.05, 3.63) is 29.8 Å². The summed E-state index contributed by atoms with van der Waals surface area (Å²) in [6, 6.07) is 7.29. The van der Waals surface area contributed by atoms with E-state index in [4.69, 9.17) is 9.47 Å². The van der Waals surface area contributed by atoms with Crippen LogP contribution in [0.2, 0.25) is 0 Å². The summed E-state index contributed by atoms with van der Waals surface area (Å²) in [6.45, 7) is 3.92. The van der Waals surface area contributed by atoms with E-state index in [1.165, 1.54) is 4.90 Å². The van der Waals surface area contributed by atoms with E-state index >= 15 is 0 Å². The van der Waals surface area contributed by atoms with Crippen LogP contribution < -0.4 is 4.74 Å². The predicted octanol–water partition coefficient (Wildman–Crippen LogP) is 1.96. The predicted molar refractivity (Wildman–Crippen MR) is 70.1 cm³/mol. The van der Waals surface area contributed by atoms with Gasteiger partial charge >= 0.3 is 6.09 Å². The number of rotatable bonds is 6. The molecular formula is C14H19NO4. The Kier molecular flexibility index (Phi) is 4.63. The van der Waals surface area contributed by atoms with Crippen LogP contribution in [0.3, 0.4) is 0 Å². The minimum atomic E-state index is -0.703. The third-order valence-electron chi connectivity index (χ3n) is 2.98. The molecule has 1 amide bonds. The molecule has 1 aromatic carbocycles. The maximum Gasteiger partial charge on any atom is 0.410 e. The number of cyclic esters (lactones) is 1. The van der Waals surface area contributed by atoms with Crippen LogP contribution in [-0.4, -0.2) is 42.4 Å². The minimum Gasteiger partial charge on any atom is -0.494 e. The molecule has 1 aromatic rings. The molecule has 1 N–H and O–H groups in total. The van der Waals surface area contributed by atoms with Crippen LogP contribution >= 0.6 is 0 Å². The smallest absolute Gasteiger partial charge is 0.410 e. The van der Waals surface area contributed by atoms with Crippen LogP contribution in [-0.2, 0) is 4.74 Å². The molecule has 1 fully saturated rings. The first kappa shape index (κ1) is 13.7. The summed E-state index contributed by atoms with van der Waals surface area (Å²) in [4.78, 5) is 12.8. The van der Waals surface area contributed by atoms with Gasteiger partial charge in [0.05, 0.1) is 25.8 Å². The summed E-state index contributed by atoms with van der Waals surface area (Å²) in [7, 11) is 0. The number of carbonyl (C=O) groups excluding carboxylic acids is 1. The van der Waals surface area contributed by atoms with Crippen molar-refractivity contribution in [2.75, 3.05) is 26.3 Å². The largest absolute Gasteiger partial charge is 0.494 e. The van der Waals surface area contributed by atoms with E-state index in [1.807, 2.05) is 31.2 Å². The number of β-amino-alcohol motifs (C(OH)–C–C–N with tert-alkyl or cyclic N) is 1. The van der Waals surface area contributed by atoms with Crippen LogP contribution in [0.5, 0.6) is 5.75 Å². The Morgan fingerprint density at radius 1 is 1.42 bits per heavy atom. The van der Waals surface area contributed by atoms with Gasteiger partial charge in [-0.1, -0.05) is 19.1 Å². The fraction of sp³-hybridized carbons (Fsp3) is 0.500. The molecule has 1 atom stereocenters. The second-order valence-electron chi connectivity index (χ2n) is 4.49. The van der Waals surface area contributed by atoms with Gasteiger partial charge in [-0.25, -0.2) is 4.79 Å². The molecule has 0 spiro atoms. The highest BCUT2D eigenvalue weighted by atomic mass is 16.6. The first-order valence-electron chi connectivity index (χ1n) is 6.53. The highest BCUT2D eigenvalue weighted by Crippen LogP contribution is 2.20.